The molecule has 0 spiro atoms. The summed E-state index contributed by atoms with van der Waals surface area (Å²) < 4.78 is 5.41. The molecule has 1 aromatic carbocycles. The molecule has 1 aromatic rings. The summed E-state index contributed by atoms with van der Waals surface area (Å²) in [7, 11) is 1.72. The number of methoxy groups -OCH3 is 1. The highest BCUT2D eigenvalue weighted by atomic mass is 16.5. The molecule has 5 nitrogen and oxygen atoms in total. The molecule has 138 valence electrons. The summed E-state index contributed by atoms with van der Waals surface area (Å²) in [5.74, 6) is 2.42. The fraction of sp³-hybridized carbons (Fsp3) is 0.650. The summed E-state index contributed by atoms with van der Waals surface area (Å²) in [5.41, 5.74) is 7.58. The number of benzene rings is 1. The summed E-state index contributed by atoms with van der Waals surface area (Å²) >= 11 is 0. The average Bonchev–Trinajstić information content (AvgIpc) is 3.17. The lowest BCUT2D eigenvalue weighted by Crippen LogP contribution is -2.43. The van der Waals surface area contributed by atoms with E-state index in [2.05, 4.69) is 34.9 Å². The second kappa shape index (κ2) is 8.56. The molecule has 2 heterocycles. The van der Waals surface area contributed by atoms with Gasteiger partial charge in [-0.1, -0.05) is 19.1 Å². The number of ether oxygens (including phenoxy) is 1. The van der Waals surface area contributed by atoms with Crippen LogP contribution in [0.1, 0.15) is 44.2 Å². The second-order valence-corrected chi connectivity index (χ2v) is 7.40. The number of rotatable bonds is 5. The van der Waals surface area contributed by atoms with Gasteiger partial charge in [0, 0.05) is 13.1 Å². The van der Waals surface area contributed by atoms with E-state index in [-0.39, 0.29) is 6.04 Å². The Balaban J connectivity index is 1.72. The smallest absolute Gasteiger partial charge is 0.191 e. The molecular weight excluding hydrogens is 312 g/mol. The van der Waals surface area contributed by atoms with Crippen LogP contribution in [0, 0.1) is 5.92 Å². The quantitative estimate of drug-likeness (QED) is 0.659. The summed E-state index contributed by atoms with van der Waals surface area (Å²) in [6, 6.07) is 8.66. The van der Waals surface area contributed by atoms with Crippen LogP contribution in [0.25, 0.3) is 0 Å². The van der Waals surface area contributed by atoms with Crippen molar-refractivity contribution < 1.29 is 4.74 Å². The van der Waals surface area contributed by atoms with E-state index in [0.717, 1.165) is 37.8 Å². The van der Waals surface area contributed by atoms with Crippen molar-refractivity contribution in [2.45, 2.75) is 38.6 Å². The number of piperidine rings is 1. The van der Waals surface area contributed by atoms with E-state index in [1.807, 2.05) is 6.07 Å². The van der Waals surface area contributed by atoms with Crippen molar-refractivity contribution in [1.29, 1.82) is 0 Å². The van der Waals surface area contributed by atoms with E-state index in [4.69, 9.17) is 15.5 Å². The van der Waals surface area contributed by atoms with Gasteiger partial charge in [-0.3, -0.25) is 9.89 Å². The van der Waals surface area contributed by atoms with Crippen molar-refractivity contribution in [3.05, 3.63) is 29.8 Å². The zero-order chi connectivity index (χ0) is 17.6. The van der Waals surface area contributed by atoms with Crippen LogP contribution in [-0.2, 0) is 0 Å². The normalized spacial score (nSPS) is 21.5. The molecule has 0 bridgehead atoms. The third-order valence-corrected chi connectivity index (χ3v) is 5.59. The molecule has 5 heteroatoms. The first-order chi connectivity index (χ1) is 12.2. The molecule has 0 radical (unpaired) electrons. The van der Waals surface area contributed by atoms with Gasteiger partial charge in [0.25, 0.3) is 0 Å². The van der Waals surface area contributed by atoms with Crippen LogP contribution < -0.4 is 10.5 Å². The topological polar surface area (TPSA) is 54.1 Å². The summed E-state index contributed by atoms with van der Waals surface area (Å²) in [6.07, 6.45) is 4.96. The molecule has 2 aliphatic heterocycles. The predicted molar refractivity (Wildman–Crippen MR) is 103 cm³/mol. The molecule has 0 amide bonds. The molecule has 2 N–H and O–H groups in total. The molecule has 0 aromatic heterocycles. The first-order valence-electron chi connectivity index (χ1n) is 9.60. The van der Waals surface area contributed by atoms with Crippen molar-refractivity contribution in [2.75, 3.05) is 39.8 Å². The Morgan fingerprint density at radius 3 is 2.64 bits per heavy atom. The van der Waals surface area contributed by atoms with E-state index in [9.17, 15) is 0 Å². The van der Waals surface area contributed by atoms with Crippen LogP contribution in [0.3, 0.4) is 0 Å². The maximum absolute atomic E-state index is 6.31. The van der Waals surface area contributed by atoms with Gasteiger partial charge in [-0.15, -0.1) is 0 Å². The molecule has 2 aliphatic rings. The number of aliphatic imine (C=N–C) groups is 1. The lowest BCUT2D eigenvalue weighted by atomic mass is 10.00. The fourth-order valence-corrected chi connectivity index (χ4v) is 3.85. The number of hydrogen-bond donors (Lipinski definition) is 1. The van der Waals surface area contributed by atoms with Crippen molar-refractivity contribution in [2.24, 2.45) is 16.6 Å². The lowest BCUT2D eigenvalue weighted by molar-refractivity contribution is 0.248. The SMILES string of the molecule is COc1cccc(C(CN=C(N)N2CCC(C)CC2)N2CCCC2)c1. The second-order valence-electron chi connectivity index (χ2n) is 7.40. The molecule has 2 saturated heterocycles. The monoisotopic (exact) mass is 344 g/mol. The molecule has 2 fully saturated rings. The minimum atomic E-state index is 0.278. The highest BCUT2D eigenvalue weighted by molar-refractivity contribution is 5.78. The fourth-order valence-electron chi connectivity index (χ4n) is 3.85. The lowest BCUT2D eigenvalue weighted by Gasteiger charge is -2.32. The van der Waals surface area contributed by atoms with Gasteiger partial charge in [0.1, 0.15) is 5.75 Å². The third-order valence-electron chi connectivity index (χ3n) is 5.59. The van der Waals surface area contributed by atoms with Crippen LogP contribution in [-0.4, -0.2) is 55.6 Å². The summed E-state index contributed by atoms with van der Waals surface area (Å²) in [5, 5.41) is 0. The van der Waals surface area contributed by atoms with Crippen LogP contribution in [0.5, 0.6) is 5.75 Å². The standard InChI is InChI=1S/C20H32N4O/c1-16-8-12-24(13-9-16)20(21)22-15-19(23-10-3-4-11-23)17-6-5-7-18(14-17)25-2/h5-7,14,16,19H,3-4,8-13,15H2,1-2H3,(H2,21,22). The molecule has 1 atom stereocenters. The van der Waals surface area contributed by atoms with Gasteiger partial charge >= 0.3 is 0 Å². The predicted octanol–water partition coefficient (Wildman–Crippen LogP) is 2.88. The first kappa shape index (κ1) is 18.1. The van der Waals surface area contributed by atoms with Gasteiger partial charge in [-0.05, 0) is 62.4 Å². The Morgan fingerprint density at radius 1 is 1.24 bits per heavy atom. The maximum atomic E-state index is 6.31. The number of nitrogens with two attached hydrogens (primary N) is 1. The van der Waals surface area contributed by atoms with Crippen LogP contribution in [0.2, 0.25) is 0 Å². The van der Waals surface area contributed by atoms with E-state index >= 15 is 0 Å². The Bertz CT molecular complexity index is 575. The summed E-state index contributed by atoms with van der Waals surface area (Å²) in [4.78, 5) is 9.56. The molecule has 0 aliphatic carbocycles. The van der Waals surface area contributed by atoms with Crippen molar-refractivity contribution in [1.82, 2.24) is 9.80 Å². The van der Waals surface area contributed by atoms with Gasteiger partial charge in [0.2, 0.25) is 0 Å². The minimum Gasteiger partial charge on any atom is -0.497 e. The Kier molecular flexibility index (Phi) is 6.19. The summed E-state index contributed by atoms with van der Waals surface area (Å²) in [6.45, 7) is 7.37. The largest absolute Gasteiger partial charge is 0.497 e. The van der Waals surface area contributed by atoms with Gasteiger partial charge in [-0.25, -0.2) is 0 Å². The Morgan fingerprint density at radius 2 is 1.96 bits per heavy atom. The molecule has 0 saturated carbocycles. The van der Waals surface area contributed by atoms with Crippen LogP contribution in [0.15, 0.2) is 29.3 Å². The van der Waals surface area contributed by atoms with Crippen molar-refractivity contribution in [3.8, 4) is 5.75 Å². The molecule has 1 unspecified atom stereocenters. The zero-order valence-corrected chi connectivity index (χ0v) is 15.7. The first-order valence-corrected chi connectivity index (χ1v) is 9.60. The van der Waals surface area contributed by atoms with Crippen LogP contribution >= 0.6 is 0 Å². The number of likely N-dealkylation sites (tertiary alicyclic amines) is 2. The van der Waals surface area contributed by atoms with Gasteiger partial charge in [0.15, 0.2) is 5.96 Å². The number of guanidine groups is 1. The Hall–Kier alpha value is -1.75. The Labute approximate surface area is 151 Å². The average molecular weight is 345 g/mol. The highest BCUT2D eigenvalue weighted by Gasteiger charge is 2.24. The van der Waals surface area contributed by atoms with E-state index in [0.29, 0.717) is 12.5 Å². The van der Waals surface area contributed by atoms with Crippen LogP contribution in [0.4, 0.5) is 0 Å². The van der Waals surface area contributed by atoms with Gasteiger partial charge < -0.3 is 15.4 Å². The van der Waals surface area contributed by atoms with Gasteiger partial charge in [-0.2, -0.15) is 0 Å². The number of nitrogens with zero attached hydrogens (tertiary/aromatic N) is 3. The van der Waals surface area contributed by atoms with Crippen molar-refractivity contribution in [3.63, 3.8) is 0 Å². The van der Waals surface area contributed by atoms with E-state index in [1.54, 1.807) is 7.11 Å². The minimum absolute atomic E-state index is 0.278. The molecule has 25 heavy (non-hydrogen) atoms. The number of hydrogen-bond acceptors (Lipinski definition) is 3. The zero-order valence-electron chi connectivity index (χ0n) is 15.7. The third kappa shape index (κ3) is 4.66. The van der Waals surface area contributed by atoms with E-state index in [1.165, 1.54) is 31.2 Å². The molecule has 3 rings (SSSR count). The molecular formula is C20H32N4O. The maximum Gasteiger partial charge on any atom is 0.191 e. The van der Waals surface area contributed by atoms with Gasteiger partial charge in [0.05, 0.1) is 19.7 Å². The van der Waals surface area contributed by atoms with Crippen molar-refractivity contribution >= 4 is 5.96 Å². The highest BCUT2D eigenvalue weighted by Crippen LogP contribution is 2.28. The van der Waals surface area contributed by atoms with E-state index < -0.39 is 0 Å².